The predicted molar refractivity (Wildman–Crippen MR) is 232 cm³/mol. The van der Waals surface area contributed by atoms with Crippen LogP contribution in [0.3, 0.4) is 0 Å². The van der Waals surface area contributed by atoms with Gasteiger partial charge in [-0.1, -0.05) is 40.9 Å². The molecular formula is C38H44Cl3N5O9S4. The summed E-state index contributed by atoms with van der Waals surface area (Å²) in [4.78, 5) is 43.8. The SMILES string of the molecule is Cc1c(Cl)cccc1S(=O)(=O)Nc1ccsc1CC(=O)N1CCN(C(=O)OC(C)(C)C)CC1.O=C(Cc1sccc1NS(=O)(=O)c1ccc(Cl)cc1Cl)N1CCOCC1. The Bertz CT molecular complexity index is 2370. The number of hydrogen-bond acceptors (Lipinski definition) is 11. The lowest BCUT2D eigenvalue weighted by atomic mass is 10.2. The number of carbonyl (C=O) groups is 3. The van der Waals surface area contributed by atoms with Gasteiger partial charge in [-0.05, 0) is 86.5 Å². The van der Waals surface area contributed by atoms with E-state index >= 15 is 0 Å². The first-order valence-electron chi connectivity index (χ1n) is 18.2. The van der Waals surface area contributed by atoms with Gasteiger partial charge in [-0.25, -0.2) is 21.6 Å². The maximum Gasteiger partial charge on any atom is 0.410 e. The van der Waals surface area contributed by atoms with Gasteiger partial charge in [0, 0.05) is 59.1 Å². The second-order valence-electron chi connectivity index (χ2n) is 14.4. The molecule has 0 aliphatic carbocycles. The second-order valence-corrected chi connectivity index (χ2v) is 20.9. The second kappa shape index (κ2) is 19.8. The Morgan fingerprint density at radius 1 is 0.712 bits per heavy atom. The summed E-state index contributed by atoms with van der Waals surface area (Å²) in [5, 5.41) is 4.23. The van der Waals surface area contributed by atoms with Crippen molar-refractivity contribution < 1.29 is 40.7 Å². The lowest BCUT2D eigenvalue weighted by Crippen LogP contribution is -2.51. The molecule has 3 amide bonds. The zero-order valence-electron chi connectivity index (χ0n) is 32.6. The molecule has 320 valence electrons. The van der Waals surface area contributed by atoms with Crippen LogP contribution in [0.25, 0.3) is 0 Å². The number of halogens is 3. The molecule has 59 heavy (non-hydrogen) atoms. The van der Waals surface area contributed by atoms with Gasteiger partial charge in [-0.15, -0.1) is 22.7 Å². The molecule has 6 rings (SSSR count). The van der Waals surface area contributed by atoms with Crippen molar-refractivity contribution in [2.24, 2.45) is 0 Å². The summed E-state index contributed by atoms with van der Waals surface area (Å²) in [6.07, 6.45) is -0.193. The zero-order valence-corrected chi connectivity index (χ0v) is 38.2. The normalized spacial score (nSPS) is 14.9. The highest BCUT2D eigenvalue weighted by Crippen LogP contribution is 2.31. The molecule has 0 saturated carbocycles. The van der Waals surface area contributed by atoms with E-state index in [1.165, 1.54) is 46.9 Å². The molecule has 2 aliphatic heterocycles. The van der Waals surface area contributed by atoms with Gasteiger partial charge >= 0.3 is 6.09 Å². The van der Waals surface area contributed by atoms with E-state index in [9.17, 15) is 31.2 Å². The summed E-state index contributed by atoms with van der Waals surface area (Å²) in [7, 11) is -7.75. The molecule has 2 saturated heterocycles. The minimum absolute atomic E-state index is 0.0335. The van der Waals surface area contributed by atoms with Gasteiger partial charge in [0.2, 0.25) is 11.8 Å². The maximum absolute atomic E-state index is 12.9. The Balaban J connectivity index is 0.000000230. The van der Waals surface area contributed by atoms with Crippen LogP contribution in [0.15, 0.2) is 69.1 Å². The number of morpholine rings is 1. The van der Waals surface area contributed by atoms with Crippen molar-refractivity contribution in [3.05, 3.63) is 89.7 Å². The number of rotatable bonds is 10. The largest absolute Gasteiger partial charge is 0.444 e. The standard InChI is InChI=1S/C22H28ClN3O5S2.C16H16Cl2N2O4S2/c1-15-16(23)6-5-7-19(15)33(29,30)24-17-8-13-32-18(17)14-20(27)25-9-11-26(12-10-25)21(28)31-22(2,3)4;17-11-1-2-15(12(18)9-11)26(22,23)19-13-3-8-25-14(13)10-16(21)20-4-6-24-7-5-20/h5-8,13,24H,9-12,14H2,1-4H3;1-3,8-9,19H,4-7,10H2. The van der Waals surface area contributed by atoms with E-state index in [-0.39, 0.29) is 45.6 Å². The van der Waals surface area contributed by atoms with Crippen LogP contribution in [0.4, 0.5) is 16.2 Å². The van der Waals surface area contributed by atoms with Crippen LogP contribution in [0, 0.1) is 6.92 Å². The Morgan fingerprint density at radius 3 is 1.75 bits per heavy atom. The smallest absolute Gasteiger partial charge is 0.410 e. The number of nitrogens with one attached hydrogen (secondary N) is 2. The van der Waals surface area contributed by atoms with Gasteiger partial charge in [-0.2, -0.15) is 0 Å². The van der Waals surface area contributed by atoms with Gasteiger partial charge < -0.3 is 24.2 Å². The van der Waals surface area contributed by atoms with E-state index < -0.39 is 25.6 Å². The van der Waals surface area contributed by atoms with E-state index in [1.54, 1.807) is 56.6 Å². The Morgan fingerprint density at radius 2 is 1.22 bits per heavy atom. The van der Waals surface area contributed by atoms with E-state index in [0.29, 0.717) is 89.2 Å². The summed E-state index contributed by atoms with van der Waals surface area (Å²) >= 11 is 20.5. The number of benzene rings is 2. The molecule has 0 spiro atoms. The van der Waals surface area contributed by atoms with Crippen LogP contribution >= 0.6 is 57.5 Å². The van der Waals surface area contributed by atoms with Crippen molar-refractivity contribution in [1.82, 2.24) is 14.7 Å². The van der Waals surface area contributed by atoms with Gasteiger partial charge in [0.15, 0.2) is 0 Å². The number of ether oxygens (including phenoxy) is 2. The van der Waals surface area contributed by atoms with Crippen molar-refractivity contribution in [3.63, 3.8) is 0 Å². The van der Waals surface area contributed by atoms with E-state index in [1.807, 2.05) is 20.8 Å². The molecule has 2 N–H and O–H groups in total. The van der Waals surface area contributed by atoms with Crippen LogP contribution in [0.5, 0.6) is 0 Å². The van der Waals surface area contributed by atoms with Crippen LogP contribution in [-0.4, -0.2) is 108 Å². The topological polar surface area (TPSA) is 172 Å². The molecule has 14 nitrogen and oxygen atoms in total. The molecule has 0 bridgehead atoms. The molecule has 4 heterocycles. The highest BCUT2D eigenvalue weighted by Gasteiger charge is 2.29. The average molecular weight is 949 g/mol. The highest BCUT2D eigenvalue weighted by molar-refractivity contribution is 7.93. The van der Waals surface area contributed by atoms with E-state index in [4.69, 9.17) is 44.3 Å². The molecule has 0 unspecified atom stereocenters. The van der Waals surface area contributed by atoms with E-state index in [0.717, 1.165) is 0 Å². The van der Waals surface area contributed by atoms with Crippen molar-refractivity contribution in [3.8, 4) is 0 Å². The minimum atomic E-state index is -3.89. The molecule has 0 atom stereocenters. The lowest BCUT2D eigenvalue weighted by molar-refractivity contribution is -0.134. The van der Waals surface area contributed by atoms with Crippen molar-refractivity contribution in [2.45, 2.75) is 55.9 Å². The molecule has 2 fully saturated rings. The third-order valence-corrected chi connectivity index (χ3v) is 14.8. The third-order valence-electron chi connectivity index (χ3n) is 8.94. The number of amides is 3. The predicted octanol–water partition coefficient (Wildman–Crippen LogP) is 7.39. The van der Waals surface area contributed by atoms with Crippen LogP contribution in [0.1, 0.15) is 36.1 Å². The first kappa shape index (κ1) is 46.4. The number of carbonyl (C=O) groups excluding carboxylic acids is 3. The van der Waals surface area contributed by atoms with Gasteiger partial charge in [-0.3, -0.25) is 19.0 Å². The molecular weight excluding hydrogens is 905 g/mol. The summed E-state index contributed by atoms with van der Waals surface area (Å²) < 4.78 is 66.8. The quantitative estimate of drug-likeness (QED) is 0.165. The van der Waals surface area contributed by atoms with Gasteiger partial charge in [0.05, 0.1) is 47.3 Å². The average Bonchev–Trinajstić information content (AvgIpc) is 3.79. The van der Waals surface area contributed by atoms with Crippen LogP contribution < -0.4 is 9.44 Å². The summed E-state index contributed by atoms with van der Waals surface area (Å²) in [5.74, 6) is -0.179. The van der Waals surface area contributed by atoms with Gasteiger partial charge in [0.25, 0.3) is 20.0 Å². The third kappa shape index (κ3) is 12.7. The number of piperazine rings is 1. The monoisotopic (exact) mass is 947 g/mol. The van der Waals surface area contributed by atoms with Crippen LogP contribution in [0.2, 0.25) is 15.1 Å². The maximum atomic E-state index is 12.9. The Kier molecular flexibility index (Phi) is 15.6. The Labute approximate surface area is 367 Å². The number of thiophene rings is 2. The molecule has 4 aromatic rings. The van der Waals surface area contributed by atoms with Gasteiger partial charge in [0.1, 0.15) is 10.5 Å². The summed E-state index contributed by atoms with van der Waals surface area (Å²) in [6.45, 7) is 10.8. The minimum Gasteiger partial charge on any atom is -0.444 e. The first-order chi connectivity index (χ1) is 27.7. The molecule has 21 heteroatoms. The molecule has 2 aromatic heterocycles. The fourth-order valence-corrected chi connectivity index (χ4v) is 11.1. The first-order valence-corrected chi connectivity index (χ1v) is 24.1. The fourth-order valence-electron chi connectivity index (χ4n) is 5.88. The van der Waals surface area contributed by atoms with Crippen molar-refractivity contribution in [2.75, 3.05) is 61.9 Å². The molecule has 2 aliphatic rings. The van der Waals surface area contributed by atoms with Crippen molar-refractivity contribution in [1.29, 1.82) is 0 Å². The van der Waals surface area contributed by atoms with E-state index in [2.05, 4.69) is 9.44 Å². The zero-order chi connectivity index (χ0) is 43.1. The van der Waals surface area contributed by atoms with Crippen LogP contribution in [-0.2, 0) is 52.0 Å². The van der Waals surface area contributed by atoms with Crippen molar-refractivity contribution >= 4 is 107 Å². The summed E-state index contributed by atoms with van der Waals surface area (Å²) in [6, 6.07) is 12.2. The number of anilines is 2. The Hall–Kier alpha value is -3.62. The number of hydrogen-bond donors (Lipinski definition) is 2. The highest BCUT2D eigenvalue weighted by atomic mass is 35.5. The fraction of sp³-hybridized carbons (Fsp3) is 0.395. The number of nitrogens with zero attached hydrogens (tertiary/aromatic N) is 3. The molecule has 0 radical (unpaired) electrons. The lowest BCUT2D eigenvalue weighted by Gasteiger charge is -2.35. The summed E-state index contributed by atoms with van der Waals surface area (Å²) in [5.41, 5.74) is 0.640. The molecule has 2 aromatic carbocycles. The number of sulfonamides is 2.